The fourth-order valence-electron chi connectivity index (χ4n) is 3.46. The molecule has 0 fully saturated rings. The predicted molar refractivity (Wildman–Crippen MR) is 119 cm³/mol. The van der Waals surface area contributed by atoms with Gasteiger partial charge in [-0.05, 0) is 37.1 Å². The average molecular weight is 454 g/mol. The topological polar surface area (TPSA) is 111 Å². The molecule has 0 bridgehead atoms. The van der Waals surface area contributed by atoms with Crippen LogP contribution in [-0.2, 0) is 14.3 Å². The van der Waals surface area contributed by atoms with Gasteiger partial charge in [-0.15, -0.1) is 0 Å². The van der Waals surface area contributed by atoms with Crippen LogP contribution in [0.2, 0.25) is 0 Å². The minimum atomic E-state index is -0.493. The second-order valence-corrected chi connectivity index (χ2v) is 7.39. The number of hydrogen-bond acceptors (Lipinski definition) is 7. The van der Waals surface area contributed by atoms with Gasteiger partial charge in [0.25, 0.3) is 17.7 Å². The largest absolute Gasteiger partial charge is 0.497 e. The molecule has 0 aromatic heterocycles. The lowest BCUT2D eigenvalue weighted by molar-refractivity contribution is -0.147. The Balaban J connectivity index is 1.33. The van der Waals surface area contributed by atoms with Gasteiger partial charge in [0.1, 0.15) is 11.5 Å². The number of nitrogens with one attached hydrogen (secondary N) is 1. The quantitative estimate of drug-likeness (QED) is 0.316. The van der Waals surface area contributed by atoms with Crippen LogP contribution in [0, 0.1) is 0 Å². The zero-order valence-electron chi connectivity index (χ0n) is 18.6. The Morgan fingerprint density at radius 2 is 1.61 bits per heavy atom. The molecule has 174 valence electrons. The first-order valence-electron chi connectivity index (χ1n) is 10.6. The highest BCUT2D eigenvalue weighted by Gasteiger charge is 2.34. The summed E-state index contributed by atoms with van der Waals surface area (Å²) in [5.41, 5.74) is 1.29. The van der Waals surface area contributed by atoms with E-state index in [9.17, 15) is 19.2 Å². The predicted octanol–water partition coefficient (Wildman–Crippen LogP) is 3.04. The van der Waals surface area contributed by atoms with Crippen LogP contribution in [0.4, 0.5) is 5.69 Å². The second-order valence-electron chi connectivity index (χ2n) is 7.39. The summed E-state index contributed by atoms with van der Waals surface area (Å²) < 4.78 is 15.3. The maximum atomic E-state index is 12.3. The van der Waals surface area contributed by atoms with Gasteiger partial charge < -0.3 is 19.5 Å². The average Bonchev–Trinajstić information content (AvgIpc) is 3.07. The lowest BCUT2D eigenvalue weighted by atomic mass is 10.1. The molecular formula is C24H26N2O7. The fourth-order valence-corrected chi connectivity index (χ4v) is 3.46. The van der Waals surface area contributed by atoms with E-state index in [2.05, 4.69) is 5.32 Å². The number of methoxy groups -OCH3 is 2. The Bertz CT molecular complexity index is 1020. The number of unbranched alkanes of at least 4 members (excludes halogenated alkanes) is 2. The van der Waals surface area contributed by atoms with E-state index in [0.717, 1.165) is 0 Å². The van der Waals surface area contributed by atoms with Crippen LogP contribution in [0.5, 0.6) is 11.5 Å². The van der Waals surface area contributed by atoms with Crippen LogP contribution >= 0.6 is 0 Å². The van der Waals surface area contributed by atoms with Crippen LogP contribution in [-0.4, -0.2) is 56.0 Å². The van der Waals surface area contributed by atoms with E-state index in [0.29, 0.717) is 54.1 Å². The van der Waals surface area contributed by atoms with Gasteiger partial charge in [0.2, 0.25) is 0 Å². The van der Waals surface area contributed by atoms with Gasteiger partial charge in [0, 0.05) is 19.0 Å². The van der Waals surface area contributed by atoms with E-state index in [-0.39, 0.29) is 18.2 Å². The maximum Gasteiger partial charge on any atom is 0.306 e. The van der Waals surface area contributed by atoms with E-state index >= 15 is 0 Å². The minimum Gasteiger partial charge on any atom is -0.497 e. The van der Waals surface area contributed by atoms with Crippen molar-refractivity contribution in [2.45, 2.75) is 25.7 Å². The number of carbonyl (C=O) groups excluding carboxylic acids is 4. The first kappa shape index (κ1) is 23.8. The van der Waals surface area contributed by atoms with Crippen molar-refractivity contribution in [1.82, 2.24) is 4.90 Å². The van der Waals surface area contributed by atoms with Gasteiger partial charge in [0.15, 0.2) is 6.61 Å². The molecule has 2 aromatic rings. The second kappa shape index (κ2) is 11.1. The summed E-state index contributed by atoms with van der Waals surface area (Å²) in [5.74, 6) is -0.541. The number of hydrogen-bond donors (Lipinski definition) is 1. The fraction of sp³-hybridized carbons (Fsp3) is 0.333. The van der Waals surface area contributed by atoms with Crippen molar-refractivity contribution in [3.63, 3.8) is 0 Å². The van der Waals surface area contributed by atoms with E-state index < -0.39 is 18.5 Å². The molecule has 1 heterocycles. The SMILES string of the molecule is COc1ccc(NC(=O)COC(=O)CCCCCN2C(=O)c3ccccc3C2=O)c(OC)c1. The number of carbonyl (C=O) groups is 4. The molecular weight excluding hydrogens is 428 g/mol. The van der Waals surface area contributed by atoms with Crippen LogP contribution in [0.3, 0.4) is 0 Å². The third-order valence-corrected chi connectivity index (χ3v) is 5.19. The minimum absolute atomic E-state index is 0.140. The number of amides is 3. The number of anilines is 1. The van der Waals surface area contributed by atoms with Crippen LogP contribution in [0.15, 0.2) is 42.5 Å². The maximum absolute atomic E-state index is 12.3. The Morgan fingerprint density at radius 1 is 0.909 bits per heavy atom. The van der Waals surface area contributed by atoms with Crippen LogP contribution in [0.25, 0.3) is 0 Å². The van der Waals surface area contributed by atoms with Crippen molar-refractivity contribution in [2.24, 2.45) is 0 Å². The molecule has 9 nitrogen and oxygen atoms in total. The standard InChI is InChI=1S/C24H26N2O7/c1-31-16-11-12-19(20(14-16)32-2)25-21(27)15-33-22(28)10-4-3-7-13-26-23(29)17-8-5-6-9-18(17)24(26)30/h5-6,8-9,11-12,14H,3-4,7,10,13,15H2,1-2H3,(H,25,27). The van der Waals surface area contributed by atoms with Crippen LogP contribution in [0.1, 0.15) is 46.4 Å². The van der Waals surface area contributed by atoms with Crippen molar-refractivity contribution in [1.29, 1.82) is 0 Å². The molecule has 2 aromatic carbocycles. The van der Waals surface area contributed by atoms with Gasteiger partial charge >= 0.3 is 5.97 Å². The van der Waals surface area contributed by atoms with Crippen molar-refractivity contribution in [3.05, 3.63) is 53.6 Å². The number of esters is 1. The zero-order valence-corrected chi connectivity index (χ0v) is 18.6. The number of imide groups is 1. The van der Waals surface area contributed by atoms with E-state index in [1.165, 1.54) is 19.1 Å². The van der Waals surface area contributed by atoms with Crippen LogP contribution < -0.4 is 14.8 Å². The molecule has 0 saturated heterocycles. The van der Waals surface area contributed by atoms with E-state index in [4.69, 9.17) is 14.2 Å². The Kier molecular flexibility index (Phi) is 8.01. The van der Waals surface area contributed by atoms with Crippen molar-refractivity contribution < 1.29 is 33.4 Å². The van der Waals surface area contributed by atoms with Gasteiger partial charge in [-0.25, -0.2) is 0 Å². The van der Waals surface area contributed by atoms with Gasteiger partial charge in [-0.1, -0.05) is 18.6 Å². The highest BCUT2D eigenvalue weighted by molar-refractivity contribution is 6.21. The normalized spacial score (nSPS) is 12.4. The Hall–Kier alpha value is -3.88. The number of fused-ring (bicyclic) bond motifs is 1. The van der Waals surface area contributed by atoms with E-state index in [1.807, 2.05) is 0 Å². The molecule has 0 aliphatic carbocycles. The summed E-state index contributed by atoms with van der Waals surface area (Å²) >= 11 is 0. The molecule has 0 saturated carbocycles. The van der Waals surface area contributed by atoms with Crippen molar-refractivity contribution >= 4 is 29.4 Å². The number of ether oxygens (including phenoxy) is 3. The molecule has 0 atom stereocenters. The summed E-state index contributed by atoms with van der Waals surface area (Å²) in [4.78, 5) is 49.8. The summed E-state index contributed by atoms with van der Waals surface area (Å²) in [6.45, 7) is -0.115. The van der Waals surface area contributed by atoms with Crippen molar-refractivity contribution in [3.8, 4) is 11.5 Å². The molecule has 1 aliphatic heterocycles. The lowest BCUT2D eigenvalue weighted by Gasteiger charge is -2.13. The number of rotatable bonds is 11. The summed E-state index contributed by atoms with van der Waals surface area (Å²) in [6, 6.07) is 11.7. The Morgan fingerprint density at radius 3 is 2.24 bits per heavy atom. The highest BCUT2D eigenvalue weighted by atomic mass is 16.5. The lowest BCUT2D eigenvalue weighted by Crippen LogP contribution is -2.30. The van der Waals surface area contributed by atoms with E-state index in [1.54, 1.807) is 42.5 Å². The molecule has 0 unspecified atom stereocenters. The number of benzene rings is 2. The first-order chi connectivity index (χ1) is 15.9. The van der Waals surface area contributed by atoms with Crippen molar-refractivity contribution in [2.75, 3.05) is 32.7 Å². The highest BCUT2D eigenvalue weighted by Crippen LogP contribution is 2.29. The monoisotopic (exact) mass is 454 g/mol. The van der Waals surface area contributed by atoms with Gasteiger partial charge in [-0.3, -0.25) is 24.1 Å². The molecule has 9 heteroatoms. The third kappa shape index (κ3) is 5.88. The first-order valence-corrected chi connectivity index (χ1v) is 10.6. The third-order valence-electron chi connectivity index (χ3n) is 5.19. The molecule has 3 rings (SSSR count). The molecule has 1 aliphatic rings. The Labute approximate surface area is 191 Å². The zero-order chi connectivity index (χ0) is 23.8. The number of nitrogens with zero attached hydrogens (tertiary/aromatic N) is 1. The molecule has 33 heavy (non-hydrogen) atoms. The summed E-state index contributed by atoms with van der Waals surface area (Å²) in [5, 5.41) is 2.63. The smallest absolute Gasteiger partial charge is 0.306 e. The molecule has 0 spiro atoms. The molecule has 0 radical (unpaired) electrons. The summed E-state index contributed by atoms with van der Waals surface area (Å²) in [7, 11) is 3.00. The van der Waals surface area contributed by atoms with Gasteiger partial charge in [-0.2, -0.15) is 0 Å². The molecule has 3 amide bonds. The van der Waals surface area contributed by atoms with Gasteiger partial charge in [0.05, 0.1) is 31.0 Å². The summed E-state index contributed by atoms with van der Waals surface area (Å²) in [6.07, 6.45) is 1.88. The molecule has 1 N–H and O–H groups in total.